The van der Waals surface area contributed by atoms with Crippen molar-refractivity contribution >= 4 is 10.9 Å². The van der Waals surface area contributed by atoms with Crippen molar-refractivity contribution in [1.82, 2.24) is 4.57 Å². The predicted octanol–water partition coefficient (Wildman–Crippen LogP) is 4.71. The standard InChI is InChI=1S/C23H21NO3/c1-26-22-11-12-23-18(14-22)13-20(15-25)24(23)19-7-9-21(10-8-19)27-16-17-5-3-2-4-6-17/h2-14,25H,15-16H2,1H3. The molecule has 4 aromatic rings. The maximum absolute atomic E-state index is 9.80. The van der Waals surface area contributed by atoms with Crippen LogP contribution in [0.2, 0.25) is 0 Å². The first-order valence-corrected chi connectivity index (χ1v) is 8.85. The Labute approximate surface area is 158 Å². The minimum atomic E-state index is -0.0384. The molecule has 0 saturated carbocycles. The van der Waals surface area contributed by atoms with Gasteiger partial charge in [0.25, 0.3) is 0 Å². The van der Waals surface area contributed by atoms with Crippen molar-refractivity contribution in [2.45, 2.75) is 13.2 Å². The SMILES string of the molecule is COc1ccc2c(c1)cc(CO)n2-c1ccc(OCc2ccccc2)cc1. The van der Waals surface area contributed by atoms with Crippen LogP contribution in [-0.2, 0) is 13.2 Å². The van der Waals surface area contributed by atoms with Gasteiger partial charge in [0.15, 0.2) is 0 Å². The first-order valence-electron chi connectivity index (χ1n) is 8.85. The number of fused-ring (bicyclic) bond motifs is 1. The molecule has 0 amide bonds. The van der Waals surface area contributed by atoms with Crippen LogP contribution in [0.15, 0.2) is 78.9 Å². The Balaban J connectivity index is 1.61. The van der Waals surface area contributed by atoms with E-state index in [2.05, 4.69) is 4.57 Å². The summed E-state index contributed by atoms with van der Waals surface area (Å²) in [7, 11) is 1.65. The van der Waals surface area contributed by atoms with Gasteiger partial charge in [0.1, 0.15) is 18.1 Å². The predicted molar refractivity (Wildman–Crippen MR) is 107 cm³/mol. The van der Waals surface area contributed by atoms with Crippen LogP contribution < -0.4 is 9.47 Å². The highest BCUT2D eigenvalue weighted by molar-refractivity contribution is 5.84. The molecular weight excluding hydrogens is 338 g/mol. The van der Waals surface area contributed by atoms with Gasteiger partial charge in [0.05, 0.1) is 19.2 Å². The van der Waals surface area contributed by atoms with Gasteiger partial charge in [-0.3, -0.25) is 0 Å². The lowest BCUT2D eigenvalue weighted by atomic mass is 10.2. The number of nitrogens with zero attached hydrogens (tertiary/aromatic N) is 1. The van der Waals surface area contributed by atoms with Crippen LogP contribution in [0.1, 0.15) is 11.3 Å². The second kappa shape index (κ2) is 7.56. The van der Waals surface area contributed by atoms with Gasteiger partial charge in [-0.1, -0.05) is 30.3 Å². The Morgan fingerprint density at radius 1 is 0.852 bits per heavy atom. The number of aliphatic hydroxyl groups is 1. The molecule has 1 N–H and O–H groups in total. The summed E-state index contributed by atoms with van der Waals surface area (Å²) in [6.45, 7) is 0.498. The van der Waals surface area contributed by atoms with Crippen LogP contribution in [-0.4, -0.2) is 16.8 Å². The number of aromatic nitrogens is 1. The molecule has 3 aromatic carbocycles. The Kier molecular flexibility index (Phi) is 4.81. The molecule has 0 fully saturated rings. The zero-order chi connectivity index (χ0) is 18.6. The first kappa shape index (κ1) is 17.2. The highest BCUT2D eigenvalue weighted by Gasteiger charge is 2.11. The van der Waals surface area contributed by atoms with Crippen molar-refractivity contribution in [2.75, 3.05) is 7.11 Å². The summed E-state index contributed by atoms with van der Waals surface area (Å²) in [6.07, 6.45) is 0. The molecule has 136 valence electrons. The summed E-state index contributed by atoms with van der Waals surface area (Å²) >= 11 is 0. The Morgan fingerprint density at radius 3 is 2.30 bits per heavy atom. The van der Waals surface area contributed by atoms with Crippen molar-refractivity contribution in [3.8, 4) is 17.2 Å². The van der Waals surface area contributed by atoms with Gasteiger partial charge in [-0.25, -0.2) is 0 Å². The van der Waals surface area contributed by atoms with E-state index in [1.165, 1.54) is 0 Å². The lowest BCUT2D eigenvalue weighted by Gasteiger charge is -2.11. The van der Waals surface area contributed by atoms with E-state index in [0.717, 1.165) is 39.3 Å². The molecule has 0 radical (unpaired) electrons. The van der Waals surface area contributed by atoms with E-state index in [-0.39, 0.29) is 6.61 Å². The summed E-state index contributed by atoms with van der Waals surface area (Å²) < 4.78 is 13.2. The zero-order valence-corrected chi connectivity index (χ0v) is 15.1. The Morgan fingerprint density at radius 2 is 1.59 bits per heavy atom. The lowest BCUT2D eigenvalue weighted by molar-refractivity contribution is 0.275. The number of aliphatic hydroxyl groups excluding tert-OH is 1. The second-order valence-electron chi connectivity index (χ2n) is 6.32. The fourth-order valence-corrected chi connectivity index (χ4v) is 3.23. The minimum absolute atomic E-state index is 0.0384. The van der Waals surface area contributed by atoms with Gasteiger partial charge in [-0.15, -0.1) is 0 Å². The molecule has 0 spiro atoms. The molecule has 4 rings (SSSR count). The molecule has 4 nitrogen and oxygen atoms in total. The van der Waals surface area contributed by atoms with Gasteiger partial charge in [-0.2, -0.15) is 0 Å². The van der Waals surface area contributed by atoms with E-state index in [0.29, 0.717) is 6.61 Å². The van der Waals surface area contributed by atoms with Crippen LogP contribution in [0.4, 0.5) is 0 Å². The smallest absolute Gasteiger partial charge is 0.119 e. The number of hydrogen-bond acceptors (Lipinski definition) is 3. The first-order chi connectivity index (χ1) is 13.3. The highest BCUT2D eigenvalue weighted by atomic mass is 16.5. The number of hydrogen-bond donors (Lipinski definition) is 1. The monoisotopic (exact) mass is 359 g/mol. The number of rotatable bonds is 6. The van der Waals surface area contributed by atoms with E-state index in [1.54, 1.807) is 7.11 Å². The van der Waals surface area contributed by atoms with E-state index in [4.69, 9.17) is 9.47 Å². The molecule has 0 saturated heterocycles. The van der Waals surface area contributed by atoms with Gasteiger partial charge in [0, 0.05) is 16.8 Å². The lowest BCUT2D eigenvalue weighted by Crippen LogP contribution is -2.00. The van der Waals surface area contributed by atoms with Gasteiger partial charge >= 0.3 is 0 Å². The minimum Gasteiger partial charge on any atom is -0.497 e. The maximum Gasteiger partial charge on any atom is 0.119 e. The Hall–Kier alpha value is -3.24. The third-order valence-corrected chi connectivity index (χ3v) is 4.59. The number of benzene rings is 3. The average Bonchev–Trinajstić information content (AvgIpc) is 3.11. The normalized spacial score (nSPS) is 10.9. The molecule has 0 atom stereocenters. The van der Waals surface area contributed by atoms with Crippen molar-refractivity contribution < 1.29 is 14.6 Å². The van der Waals surface area contributed by atoms with Crippen molar-refractivity contribution in [1.29, 1.82) is 0 Å². The van der Waals surface area contributed by atoms with Crippen molar-refractivity contribution in [3.05, 3.63) is 90.1 Å². The van der Waals surface area contributed by atoms with Crippen molar-refractivity contribution in [3.63, 3.8) is 0 Å². The summed E-state index contributed by atoms with van der Waals surface area (Å²) in [5, 5.41) is 10.8. The fraction of sp³-hybridized carbons (Fsp3) is 0.130. The van der Waals surface area contributed by atoms with Crippen LogP contribution >= 0.6 is 0 Å². The van der Waals surface area contributed by atoms with Crippen LogP contribution in [0.3, 0.4) is 0 Å². The third kappa shape index (κ3) is 3.52. The quantitative estimate of drug-likeness (QED) is 0.542. The zero-order valence-electron chi connectivity index (χ0n) is 15.1. The number of methoxy groups -OCH3 is 1. The Bertz CT molecular complexity index is 1040. The molecule has 0 aliphatic rings. The second-order valence-corrected chi connectivity index (χ2v) is 6.32. The summed E-state index contributed by atoms with van der Waals surface area (Å²) in [5.74, 6) is 1.61. The topological polar surface area (TPSA) is 43.6 Å². The molecule has 1 aromatic heterocycles. The van der Waals surface area contributed by atoms with Crippen LogP contribution in [0, 0.1) is 0 Å². The van der Waals surface area contributed by atoms with Crippen LogP contribution in [0.25, 0.3) is 16.6 Å². The molecule has 0 unspecified atom stereocenters. The van der Waals surface area contributed by atoms with Gasteiger partial charge < -0.3 is 19.1 Å². The molecule has 27 heavy (non-hydrogen) atoms. The molecule has 4 heteroatoms. The third-order valence-electron chi connectivity index (χ3n) is 4.59. The summed E-state index contributed by atoms with van der Waals surface area (Å²) in [5.41, 5.74) is 3.97. The average molecular weight is 359 g/mol. The van der Waals surface area contributed by atoms with E-state index < -0.39 is 0 Å². The summed E-state index contributed by atoms with van der Waals surface area (Å²) in [4.78, 5) is 0. The highest BCUT2D eigenvalue weighted by Crippen LogP contribution is 2.28. The largest absolute Gasteiger partial charge is 0.497 e. The molecule has 0 bridgehead atoms. The summed E-state index contributed by atoms with van der Waals surface area (Å²) in [6, 6.07) is 25.9. The fourth-order valence-electron chi connectivity index (χ4n) is 3.23. The van der Waals surface area contributed by atoms with E-state index in [9.17, 15) is 5.11 Å². The van der Waals surface area contributed by atoms with Crippen molar-refractivity contribution in [2.24, 2.45) is 0 Å². The van der Waals surface area contributed by atoms with Gasteiger partial charge in [0.2, 0.25) is 0 Å². The molecular formula is C23H21NO3. The van der Waals surface area contributed by atoms with E-state index in [1.807, 2.05) is 78.9 Å². The maximum atomic E-state index is 9.80. The number of ether oxygens (including phenoxy) is 2. The molecule has 1 heterocycles. The van der Waals surface area contributed by atoms with E-state index >= 15 is 0 Å². The molecule has 0 aliphatic heterocycles. The molecule has 0 aliphatic carbocycles. The van der Waals surface area contributed by atoms with Crippen LogP contribution in [0.5, 0.6) is 11.5 Å². The van der Waals surface area contributed by atoms with Gasteiger partial charge in [-0.05, 0) is 54.1 Å².